The van der Waals surface area contributed by atoms with Crippen molar-refractivity contribution in [1.82, 2.24) is 24.5 Å². The summed E-state index contributed by atoms with van der Waals surface area (Å²) in [5.41, 5.74) is 4.67. The summed E-state index contributed by atoms with van der Waals surface area (Å²) in [5, 5.41) is 6.39. The summed E-state index contributed by atoms with van der Waals surface area (Å²) in [6.07, 6.45) is 3.28. The van der Waals surface area contributed by atoms with Crippen LogP contribution in [0, 0.1) is 6.92 Å². The third-order valence-corrected chi connectivity index (χ3v) is 4.52. The Morgan fingerprint density at radius 2 is 1.91 bits per heavy atom. The van der Waals surface area contributed by atoms with Crippen molar-refractivity contribution >= 4 is 34.0 Å². The second-order valence-corrected chi connectivity index (χ2v) is 6.10. The molecule has 3 aromatic heterocycles. The first-order valence-corrected chi connectivity index (χ1v) is 8.00. The SMILES string of the molecule is Cc1csc(-c2ccc(Nc3ncnc4c3ncn4C)cc2)n1. The van der Waals surface area contributed by atoms with Crippen LogP contribution in [0.15, 0.2) is 42.3 Å². The fourth-order valence-corrected chi connectivity index (χ4v) is 3.16. The molecule has 6 nitrogen and oxygen atoms in total. The van der Waals surface area contributed by atoms with Crippen LogP contribution in [0.1, 0.15) is 5.69 Å². The molecular formula is C16H14N6S. The van der Waals surface area contributed by atoms with E-state index in [1.54, 1.807) is 24.0 Å². The molecule has 7 heteroatoms. The molecule has 0 aliphatic carbocycles. The molecule has 0 spiro atoms. The van der Waals surface area contributed by atoms with Gasteiger partial charge in [0, 0.05) is 29.4 Å². The van der Waals surface area contributed by atoms with Gasteiger partial charge in [0.1, 0.15) is 11.3 Å². The molecule has 0 saturated heterocycles. The molecule has 114 valence electrons. The van der Waals surface area contributed by atoms with E-state index >= 15 is 0 Å². The zero-order valence-corrected chi connectivity index (χ0v) is 13.5. The molecule has 0 saturated carbocycles. The molecule has 0 amide bonds. The maximum atomic E-state index is 4.50. The Morgan fingerprint density at radius 3 is 2.65 bits per heavy atom. The number of imidazole rings is 1. The highest BCUT2D eigenvalue weighted by Gasteiger charge is 2.09. The minimum atomic E-state index is 0.702. The lowest BCUT2D eigenvalue weighted by Gasteiger charge is -2.06. The standard InChI is InChI=1S/C16H14N6S/c1-10-7-23-16(20-10)11-3-5-12(6-4-11)21-14-13-15(18-8-17-14)22(2)9-19-13/h3-9H,1-2H3,(H,17,18,21). The molecule has 0 radical (unpaired) electrons. The van der Waals surface area contributed by atoms with Crippen molar-refractivity contribution in [3.8, 4) is 10.6 Å². The minimum absolute atomic E-state index is 0.702. The van der Waals surface area contributed by atoms with E-state index in [9.17, 15) is 0 Å². The normalized spacial score (nSPS) is 11.0. The van der Waals surface area contributed by atoms with Crippen LogP contribution in [0.3, 0.4) is 0 Å². The van der Waals surface area contributed by atoms with E-state index in [1.165, 1.54) is 0 Å². The lowest BCUT2D eigenvalue weighted by atomic mass is 10.2. The lowest BCUT2D eigenvalue weighted by molar-refractivity contribution is 0.928. The Bertz CT molecular complexity index is 970. The van der Waals surface area contributed by atoms with Crippen molar-refractivity contribution < 1.29 is 0 Å². The van der Waals surface area contributed by atoms with Crippen LogP contribution in [-0.4, -0.2) is 24.5 Å². The summed E-state index contributed by atoms with van der Waals surface area (Å²) in [6, 6.07) is 8.14. The average molecular weight is 322 g/mol. The lowest BCUT2D eigenvalue weighted by Crippen LogP contribution is -1.97. The quantitative estimate of drug-likeness (QED) is 0.625. The first-order chi connectivity index (χ1) is 11.2. The van der Waals surface area contributed by atoms with Crippen molar-refractivity contribution in [3.05, 3.63) is 48.0 Å². The number of aryl methyl sites for hydroxylation is 2. The summed E-state index contributed by atoms with van der Waals surface area (Å²) in [6.45, 7) is 2.00. The van der Waals surface area contributed by atoms with Crippen molar-refractivity contribution in [2.75, 3.05) is 5.32 Å². The number of anilines is 2. The molecule has 1 aromatic carbocycles. The highest BCUT2D eigenvalue weighted by Crippen LogP contribution is 2.26. The summed E-state index contributed by atoms with van der Waals surface area (Å²) < 4.78 is 1.87. The molecule has 23 heavy (non-hydrogen) atoms. The number of nitrogens with one attached hydrogen (secondary N) is 1. The van der Waals surface area contributed by atoms with Crippen LogP contribution < -0.4 is 5.32 Å². The van der Waals surface area contributed by atoms with Gasteiger partial charge in [0.05, 0.1) is 6.33 Å². The number of benzene rings is 1. The molecule has 0 aliphatic heterocycles. The van der Waals surface area contributed by atoms with E-state index in [0.29, 0.717) is 5.82 Å². The number of fused-ring (bicyclic) bond motifs is 1. The Hall–Kier alpha value is -2.80. The van der Waals surface area contributed by atoms with Crippen LogP contribution in [0.4, 0.5) is 11.5 Å². The van der Waals surface area contributed by atoms with E-state index in [4.69, 9.17) is 0 Å². The summed E-state index contributed by atoms with van der Waals surface area (Å²) in [7, 11) is 1.91. The zero-order chi connectivity index (χ0) is 15.8. The third kappa shape index (κ3) is 2.55. The molecule has 0 atom stereocenters. The van der Waals surface area contributed by atoms with Crippen LogP contribution in [0.5, 0.6) is 0 Å². The first kappa shape index (κ1) is 13.8. The van der Waals surface area contributed by atoms with Crippen LogP contribution in [-0.2, 0) is 7.05 Å². The van der Waals surface area contributed by atoms with Gasteiger partial charge >= 0.3 is 0 Å². The largest absolute Gasteiger partial charge is 0.338 e. The van der Waals surface area contributed by atoms with Crippen molar-refractivity contribution in [1.29, 1.82) is 0 Å². The summed E-state index contributed by atoms with van der Waals surface area (Å²) in [5.74, 6) is 0.702. The molecule has 0 aliphatic rings. The number of hydrogen-bond acceptors (Lipinski definition) is 6. The second kappa shape index (κ2) is 5.44. The Morgan fingerprint density at radius 1 is 1.09 bits per heavy atom. The number of aromatic nitrogens is 5. The second-order valence-electron chi connectivity index (χ2n) is 5.25. The molecular weight excluding hydrogens is 308 g/mol. The zero-order valence-electron chi connectivity index (χ0n) is 12.7. The fraction of sp³-hybridized carbons (Fsp3) is 0.125. The highest BCUT2D eigenvalue weighted by atomic mass is 32.1. The molecule has 0 unspecified atom stereocenters. The third-order valence-electron chi connectivity index (χ3n) is 3.51. The van der Waals surface area contributed by atoms with E-state index in [-0.39, 0.29) is 0 Å². The first-order valence-electron chi connectivity index (χ1n) is 7.12. The molecule has 4 aromatic rings. The Kier molecular flexibility index (Phi) is 3.27. The number of nitrogens with zero attached hydrogens (tertiary/aromatic N) is 5. The monoisotopic (exact) mass is 322 g/mol. The molecule has 0 fully saturated rings. The number of hydrogen-bond donors (Lipinski definition) is 1. The Balaban J connectivity index is 1.63. The van der Waals surface area contributed by atoms with Crippen LogP contribution >= 0.6 is 11.3 Å². The van der Waals surface area contributed by atoms with Gasteiger partial charge in [-0.15, -0.1) is 11.3 Å². The van der Waals surface area contributed by atoms with Crippen molar-refractivity contribution in [2.24, 2.45) is 7.05 Å². The topological polar surface area (TPSA) is 68.5 Å². The number of thiazole rings is 1. The van der Waals surface area contributed by atoms with Crippen molar-refractivity contribution in [2.45, 2.75) is 6.92 Å². The van der Waals surface area contributed by atoms with Gasteiger partial charge in [-0.2, -0.15) is 0 Å². The predicted octanol–water partition coefficient (Wildman–Crippen LogP) is 3.54. The van der Waals surface area contributed by atoms with Crippen molar-refractivity contribution in [3.63, 3.8) is 0 Å². The fourth-order valence-electron chi connectivity index (χ4n) is 2.36. The van der Waals surface area contributed by atoms with E-state index in [0.717, 1.165) is 33.1 Å². The molecule has 3 heterocycles. The smallest absolute Gasteiger partial charge is 0.165 e. The van der Waals surface area contributed by atoms with Gasteiger partial charge in [-0.3, -0.25) is 0 Å². The van der Waals surface area contributed by atoms with Gasteiger partial charge in [0.15, 0.2) is 17.0 Å². The van der Waals surface area contributed by atoms with E-state index < -0.39 is 0 Å². The maximum absolute atomic E-state index is 4.50. The van der Waals surface area contributed by atoms with Gasteiger partial charge < -0.3 is 9.88 Å². The number of rotatable bonds is 3. The van der Waals surface area contributed by atoms with E-state index in [1.807, 2.05) is 30.7 Å². The summed E-state index contributed by atoms with van der Waals surface area (Å²) in [4.78, 5) is 17.4. The average Bonchev–Trinajstić information content (AvgIpc) is 3.16. The van der Waals surface area contributed by atoms with Crippen LogP contribution in [0.2, 0.25) is 0 Å². The molecule has 0 bridgehead atoms. The van der Waals surface area contributed by atoms with Gasteiger partial charge in [0.25, 0.3) is 0 Å². The maximum Gasteiger partial charge on any atom is 0.165 e. The Labute approximate surface area is 136 Å². The summed E-state index contributed by atoms with van der Waals surface area (Å²) >= 11 is 1.65. The van der Waals surface area contributed by atoms with Gasteiger partial charge in [-0.25, -0.2) is 19.9 Å². The van der Waals surface area contributed by atoms with Gasteiger partial charge in [0.2, 0.25) is 0 Å². The molecule has 1 N–H and O–H groups in total. The highest BCUT2D eigenvalue weighted by molar-refractivity contribution is 7.13. The molecule has 4 rings (SSSR count). The minimum Gasteiger partial charge on any atom is -0.338 e. The van der Waals surface area contributed by atoms with Gasteiger partial charge in [-0.1, -0.05) is 0 Å². The van der Waals surface area contributed by atoms with Gasteiger partial charge in [-0.05, 0) is 31.2 Å². The van der Waals surface area contributed by atoms with E-state index in [2.05, 4.69) is 42.8 Å². The predicted molar refractivity (Wildman–Crippen MR) is 91.9 cm³/mol. The van der Waals surface area contributed by atoms with Crippen LogP contribution in [0.25, 0.3) is 21.7 Å².